The Morgan fingerprint density at radius 1 is 1.26 bits per heavy atom. The van der Waals surface area contributed by atoms with Gasteiger partial charge in [0.15, 0.2) is 6.61 Å². The van der Waals surface area contributed by atoms with Gasteiger partial charge in [0.25, 0.3) is 11.6 Å². The van der Waals surface area contributed by atoms with Crippen LogP contribution in [0.4, 0.5) is 17.1 Å². The molecule has 9 heteroatoms. The molecule has 1 amide bonds. The molecule has 0 bridgehead atoms. The lowest BCUT2D eigenvalue weighted by molar-refractivity contribution is -0.384. The molecule has 0 saturated carbocycles. The van der Waals surface area contributed by atoms with Crippen LogP contribution in [0.2, 0.25) is 0 Å². The van der Waals surface area contributed by atoms with Gasteiger partial charge in [-0.15, -0.1) is 0 Å². The summed E-state index contributed by atoms with van der Waals surface area (Å²) in [6, 6.07) is 12.0. The monoisotopic (exact) mass is 368 g/mol. The number of nitrogens with one attached hydrogen (secondary N) is 1. The number of benzene rings is 2. The molecule has 2 aromatic carbocycles. The number of anilines is 2. The summed E-state index contributed by atoms with van der Waals surface area (Å²) in [6.07, 6.45) is 0. The third-order valence-electron chi connectivity index (χ3n) is 3.50. The van der Waals surface area contributed by atoms with Crippen LogP contribution < -0.4 is 10.2 Å². The van der Waals surface area contributed by atoms with E-state index in [2.05, 4.69) is 5.32 Å². The van der Waals surface area contributed by atoms with Gasteiger partial charge in [0.05, 0.1) is 27.8 Å². The molecule has 0 spiro atoms. The number of rotatable bonds is 6. The molecule has 2 aromatic rings. The van der Waals surface area contributed by atoms with Gasteiger partial charge in [-0.25, -0.2) is 4.79 Å². The summed E-state index contributed by atoms with van der Waals surface area (Å²) in [4.78, 5) is 36.2. The summed E-state index contributed by atoms with van der Waals surface area (Å²) in [5.41, 5.74) is 0.906. The van der Waals surface area contributed by atoms with Gasteiger partial charge < -0.3 is 15.0 Å². The van der Waals surface area contributed by atoms with Gasteiger partial charge in [-0.05, 0) is 24.3 Å². The first-order chi connectivity index (χ1) is 12.8. The Hall–Kier alpha value is -3.93. The Bertz CT molecular complexity index is 934. The SMILES string of the molecule is CN(C)c1ccc([N+](=O)[O-])cc1C(=O)OCC(=O)Nc1cccc(C#N)c1. The first kappa shape index (κ1) is 19.4. The summed E-state index contributed by atoms with van der Waals surface area (Å²) in [6.45, 7) is -0.578. The minimum absolute atomic E-state index is 0.0199. The number of carbonyl (C=O) groups excluding carboxylic acids is 2. The van der Waals surface area contributed by atoms with Gasteiger partial charge >= 0.3 is 5.97 Å². The maximum atomic E-state index is 12.3. The Morgan fingerprint density at radius 3 is 2.63 bits per heavy atom. The third-order valence-corrected chi connectivity index (χ3v) is 3.50. The molecule has 9 nitrogen and oxygen atoms in total. The predicted octanol–water partition coefficient (Wildman–Crippen LogP) is 2.33. The zero-order valence-electron chi connectivity index (χ0n) is 14.6. The lowest BCUT2D eigenvalue weighted by atomic mass is 10.1. The summed E-state index contributed by atoms with van der Waals surface area (Å²) in [5, 5.41) is 22.3. The van der Waals surface area contributed by atoms with Crippen LogP contribution in [-0.2, 0) is 9.53 Å². The predicted molar refractivity (Wildman–Crippen MR) is 97.5 cm³/mol. The quantitative estimate of drug-likeness (QED) is 0.471. The zero-order chi connectivity index (χ0) is 20.0. The molecule has 0 aliphatic rings. The van der Waals surface area contributed by atoms with Gasteiger partial charge in [0, 0.05) is 31.9 Å². The highest BCUT2D eigenvalue weighted by Crippen LogP contribution is 2.25. The summed E-state index contributed by atoms with van der Waals surface area (Å²) < 4.78 is 4.98. The van der Waals surface area contributed by atoms with E-state index in [0.29, 0.717) is 16.9 Å². The summed E-state index contributed by atoms with van der Waals surface area (Å²) in [5.74, 6) is -1.46. The van der Waals surface area contributed by atoms with Crippen molar-refractivity contribution in [1.82, 2.24) is 0 Å². The van der Waals surface area contributed by atoms with Gasteiger partial charge in [0.1, 0.15) is 0 Å². The van der Waals surface area contributed by atoms with Crippen LogP contribution in [0.25, 0.3) is 0 Å². The van der Waals surface area contributed by atoms with Crippen molar-refractivity contribution in [2.75, 3.05) is 30.9 Å². The number of nitriles is 1. The molecular formula is C18H16N4O5. The molecule has 0 fully saturated rings. The largest absolute Gasteiger partial charge is 0.452 e. The molecular weight excluding hydrogens is 352 g/mol. The van der Waals surface area contributed by atoms with Crippen molar-refractivity contribution in [3.63, 3.8) is 0 Å². The van der Waals surface area contributed by atoms with Crippen LogP contribution in [0.15, 0.2) is 42.5 Å². The van der Waals surface area contributed by atoms with Crippen LogP contribution in [-0.4, -0.2) is 37.5 Å². The fraction of sp³-hybridized carbons (Fsp3) is 0.167. The number of hydrogen-bond donors (Lipinski definition) is 1. The number of nitrogens with zero attached hydrogens (tertiary/aromatic N) is 3. The van der Waals surface area contributed by atoms with Crippen molar-refractivity contribution >= 4 is 28.9 Å². The van der Waals surface area contributed by atoms with E-state index in [-0.39, 0.29) is 11.3 Å². The van der Waals surface area contributed by atoms with E-state index < -0.39 is 23.4 Å². The van der Waals surface area contributed by atoms with Crippen molar-refractivity contribution in [3.05, 3.63) is 63.7 Å². The first-order valence-electron chi connectivity index (χ1n) is 7.74. The van der Waals surface area contributed by atoms with Crippen molar-refractivity contribution in [2.45, 2.75) is 0 Å². The van der Waals surface area contributed by atoms with Gasteiger partial charge in [-0.1, -0.05) is 6.07 Å². The zero-order valence-corrected chi connectivity index (χ0v) is 14.6. The molecule has 0 atom stereocenters. The van der Waals surface area contributed by atoms with Gasteiger partial charge in [-0.2, -0.15) is 5.26 Å². The molecule has 138 valence electrons. The molecule has 2 rings (SSSR count). The molecule has 0 saturated heterocycles. The van der Waals surface area contributed by atoms with Crippen LogP contribution >= 0.6 is 0 Å². The molecule has 0 radical (unpaired) electrons. The molecule has 0 heterocycles. The Kier molecular flexibility index (Phi) is 6.06. The lowest BCUT2D eigenvalue weighted by Gasteiger charge is -2.16. The van der Waals surface area contributed by atoms with Gasteiger partial charge in [-0.3, -0.25) is 14.9 Å². The summed E-state index contributed by atoms with van der Waals surface area (Å²) in [7, 11) is 3.35. The standard InChI is InChI=1S/C18H16N4O5/c1-21(2)16-7-6-14(22(25)26)9-15(16)18(24)27-11-17(23)20-13-5-3-4-12(8-13)10-19/h3-9H,11H2,1-2H3,(H,20,23). The molecule has 0 aliphatic carbocycles. The fourth-order valence-corrected chi connectivity index (χ4v) is 2.26. The first-order valence-corrected chi connectivity index (χ1v) is 7.74. The molecule has 27 heavy (non-hydrogen) atoms. The molecule has 0 aromatic heterocycles. The lowest BCUT2D eigenvalue weighted by Crippen LogP contribution is -2.22. The summed E-state index contributed by atoms with van der Waals surface area (Å²) >= 11 is 0. The van der Waals surface area contributed by atoms with Crippen molar-refractivity contribution in [1.29, 1.82) is 5.26 Å². The fourth-order valence-electron chi connectivity index (χ4n) is 2.26. The molecule has 1 N–H and O–H groups in total. The topological polar surface area (TPSA) is 126 Å². The Balaban J connectivity index is 2.08. The van der Waals surface area contributed by atoms with E-state index in [1.807, 2.05) is 6.07 Å². The number of nitro groups is 1. The maximum Gasteiger partial charge on any atom is 0.341 e. The molecule has 0 unspecified atom stereocenters. The number of non-ortho nitro benzene ring substituents is 1. The van der Waals surface area contributed by atoms with E-state index in [4.69, 9.17) is 10.00 Å². The van der Waals surface area contributed by atoms with Crippen LogP contribution in [0, 0.1) is 21.4 Å². The van der Waals surface area contributed by atoms with E-state index >= 15 is 0 Å². The van der Waals surface area contributed by atoms with Crippen molar-refractivity contribution < 1.29 is 19.2 Å². The minimum Gasteiger partial charge on any atom is -0.452 e. The highest BCUT2D eigenvalue weighted by atomic mass is 16.6. The number of hydrogen-bond acceptors (Lipinski definition) is 7. The van der Waals surface area contributed by atoms with E-state index in [1.165, 1.54) is 18.2 Å². The van der Waals surface area contributed by atoms with Crippen LogP contribution in [0.1, 0.15) is 15.9 Å². The van der Waals surface area contributed by atoms with E-state index in [9.17, 15) is 19.7 Å². The smallest absolute Gasteiger partial charge is 0.341 e. The highest BCUT2D eigenvalue weighted by Gasteiger charge is 2.20. The second-order valence-corrected chi connectivity index (χ2v) is 5.67. The third kappa shape index (κ3) is 5.02. The Labute approximate surface area is 154 Å². The minimum atomic E-state index is -0.858. The highest BCUT2D eigenvalue weighted by molar-refractivity contribution is 5.99. The van der Waals surface area contributed by atoms with Crippen LogP contribution in [0.3, 0.4) is 0 Å². The number of nitro benzene ring substituents is 1. The van der Waals surface area contributed by atoms with Gasteiger partial charge in [0.2, 0.25) is 0 Å². The number of esters is 1. The average molecular weight is 368 g/mol. The Morgan fingerprint density at radius 2 is 2.00 bits per heavy atom. The van der Waals surface area contributed by atoms with E-state index in [0.717, 1.165) is 6.07 Å². The second-order valence-electron chi connectivity index (χ2n) is 5.67. The maximum absolute atomic E-state index is 12.3. The second kappa shape index (κ2) is 8.44. The van der Waals surface area contributed by atoms with Crippen molar-refractivity contribution in [2.24, 2.45) is 0 Å². The molecule has 0 aliphatic heterocycles. The van der Waals surface area contributed by atoms with E-state index in [1.54, 1.807) is 37.2 Å². The van der Waals surface area contributed by atoms with Crippen molar-refractivity contribution in [3.8, 4) is 6.07 Å². The normalized spacial score (nSPS) is 9.81. The van der Waals surface area contributed by atoms with Crippen LogP contribution in [0.5, 0.6) is 0 Å². The average Bonchev–Trinajstić information content (AvgIpc) is 2.65. The number of carbonyl (C=O) groups is 2. The number of amides is 1. The number of ether oxygens (including phenoxy) is 1.